The highest BCUT2D eigenvalue weighted by Crippen LogP contribution is 2.26. The van der Waals surface area contributed by atoms with Gasteiger partial charge >= 0.3 is 0 Å². The van der Waals surface area contributed by atoms with E-state index < -0.39 is 23.8 Å². The smallest absolute Gasteiger partial charge is 0.132 e. The largest absolute Gasteiger partial charge is 0.391 e. The van der Waals surface area contributed by atoms with E-state index in [1.165, 1.54) is 0 Å². The predicted molar refractivity (Wildman–Crippen MR) is 66.5 cm³/mol. The molecule has 2 atom stereocenters. The van der Waals surface area contributed by atoms with Gasteiger partial charge in [-0.2, -0.15) is 0 Å². The van der Waals surface area contributed by atoms with E-state index in [0.29, 0.717) is 10.9 Å². The van der Waals surface area contributed by atoms with Crippen molar-refractivity contribution in [2.45, 2.75) is 38.3 Å². The molecule has 0 heterocycles. The maximum Gasteiger partial charge on any atom is 0.132 e. The van der Waals surface area contributed by atoms with Crippen molar-refractivity contribution in [3.8, 4) is 0 Å². The van der Waals surface area contributed by atoms with Crippen molar-refractivity contribution in [3.05, 3.63) is 33.8 Å². The van der Waals surface area contributed by atoms with Crippen LogP contribution in [0.25, 0.3) is 0 Å². The summed E-state index contributed by atoms with van der Waals surface area (Å²) >= 11 is 2.99. The van der Waals surface area contributed by atoms with Gasteiger partial charge in [-0.15, -0.1) is 0 Å². The first-order valence-corrected chi connectivity index (χ1v) is 6.34. The molecule has 0 fully saturated rings. The van der Waals surface area contributed by atoms with Gasteiger partial charge in [-0.3, -0.25) is 0 Å². The zero-order valence-electron chi connectivity index (χ0n) is 9.59. The summed E-state index contributed by atoms with van der Waals surface area (Å²) in [7, 11) is 0. The standard InChI is InChI=1S/C12H16BrF2NO/c1-2-3-4-10(17)12(16)11-8(14)5-7(13)6-9(11)15/h5-6,10,12,17H,2-4,16H2,1H3/t10-,12-/m1/s1. The monoisotopic (exact) mass is 307 g/mol. The maximum absolute atomic E-state index is 13.6. The number of rotatable bonds is 5. The molecule has 0 unspecified atom stereocenters. The molecule has 0 spiro atoms. The number of aliphatic hydroxyl groups excluding tert-OH is 1. The first-order chi connectivity index (χ1) is 7.97. The van der Waals surface area contributed by atoms with Crippen molar-refractivity contribution in [3.63, 3.8) is 0 Å². The first-order valence-electron chi connectivity index (χ1n) is 5.55. The summed E-state index contributed by atoms with van der Waals surface area (Å²) in [6, 6.07) is 1.25. The van der Waals surface area contributed by atoms with Gasteiger partial charge in [0.2, 0.25) is 0 Å². The summed E-state index contributed by atoms with van der Waals surface area (Å²) in [6.07, 6.45) is 1.18. The Hall–Kier alpha value is -0.520. The quantitative estimate of drug-likeness (QED) is 0.877. The predicted octanol–water partition coefficient (Wildman–Crippen LogP) is 3.28. The molecule has 0 aliphatic carbocycles. The highest BCUT2D eigenvalue weighted by atomic mass is 79.9. The van der Waals surface area contributed by atoms with Crippen LogP contribution in [0.1, 0.15) is 37.8 Å². The summed E-state index contributed by atoms with van der Waals surface area (Å²) in [5, 5.41) is 9.75. The molecular weight excluding hydrogens is 292 g/mol. The molecule has 0 aliphatic rings. The van der Waals surface area contributed by atoms with Gasteiger partial charge in [-0.1, -0.05) is 35.7 Å². The van der Waals surface area contributed by atoms with Gasteiger partial charge in [-0.25, -0.2) is 8.78 Å². The Labute approximate surface area is 108 Å². The Morgan fingerprint density at radius 2 is 1.88 bits per heavy atom. The van der Waals surface area contributed by atoms with Crippen molar-refractivity contribution in [1.82, 2.24) is 0 Å². The molecule has 1 aromatic carbocycles. The van der Waals surface area contributed by atoms with E-state index in [0.717, 1.165) is 25.0 Å². The molecule has 2 nitrogen and oxygen atoms in total. The van der Waals surface area contributed by atoms with E-state index in [4.69, 9.17) is 5.73 Å². The van der Waals surface area contributed by atoms with Gasteiger partial charge in [0.15, 0.2) is 0 Å². The van der Waals surface area contributed by atoms with E-state index in [9.17, 15) is 13.9 Å². The molecule has 0 aliphatic heterocycles. The molecular formula is C12H16BrF2NO. The van der Waals surface area contributed by atoms with Crippen molar-refractivity contribution >= 4 is 15.9 Å². The van der Waals surface area contributed by atoms with Crippen LogP contribution in [-0.2, 0) is 0 Å². The van der Waals surface area contributed by atoms with Crippen LogP contribution in [0, 0.1) is 11.6 Å². The third kappa shape index (κ3) is 3.72. The van der Waals surface area contributed by atoms with Crippen LogP contribution in [0.5, 0.6) is 0 Å². The molecule has 17 heavy (non-hydrogen) atoms. The van der Waals surface area contributed by atoms with E-state index >= 15 is 0 Å². The number of halogens is 3. The van der Waals surface area contributed by atoms with E-state index in [1.807, 2.05) is 6.92 Å². The van der Waals surface area contributed by atoms with Crippen LogP contribution in [-0.4, -0.2) is 11.2 Å². The summed E-state index contributed by atoms with van der Waals surface area (Å²) in [4.78, 5) is 0. The third-order valence-electron chi connectivity index (χ3n) is 2.65. The maximum atomic E-state index is 13.6. The van der Waals surface area contributed by atoms with Crippen LogP contribution >= 0.6 is 15.9 Å². The van der Waals surface area contributed by atoms with Gasteiger partial charge in [0.05, 0.1) is 12.1 Å². The van der Waals surface area contributed by atoms with E-state index in [-0.39, 0.29) is 5.56 Å². The number of hydrogen-bond acceptors (Lipinski definition) is 2. The lowest BCUT2D eigenvalue weighted by molar-refractivity contribution is 0.129. The van der Waals surface area contributed by atoms with Gasteiger partial charge in [0.1, 0.15) is 11.6 Å². The third-order valence-corrected chi connectivity index (χ3v) is 3.10. The van der Waals surface area contributed by atoms with Crippen LogP contribution < -0.4 is 5.73 Å². The lowest BCUT2D eigenvalue weighted by Gasteiger charge is -2.20. The van der Waals surface area contributed by atoms with Crippen LogP contribution in [0.2, 0.25) is 0 Å². The SMILES string of the molecule is CCCC[C@@H](O)[C@@H](N)c1c(F)cc(Br)cc1F. The van der Waals surface area contributed by atoms with Gasteiger partial charge in [0, 0.05) is 10.0 Å². The molecule has 0 saturated carbocycles. The van der Waals surface area contributed by atoms with Crippen molar-refractivity contribution in [1.29, 1.82) is 0 Å². The fourth-order valence-corrected chi connectivity index (χ4v) is 2.06. The summed E-state index contributed by atoms with van der Waals surface area (Å²) in [5.74, 6) is -1.47. The number of aliphatic hydroxyl groups is 1. The molecule has 1 aromatic rings. The topological polar surface area (TPSA) is 46.2 Å². The Morgan fingerprint density at radius 3 is 2.35 bits per heavy atom. The number of benzene rings is 1. The number of nitrogens with two attached hydrogens (primary N) is 1. The normalized spacial score (nSPS) is 14.7. The molecule has 3 N–H and O–H groups in total. The summed E-state index contributed by atoms with van der Waals surface area (Å²) in [5.41, 5.74) is 5.43. The Morgan fingerprint density at radius 1 is 1.35 bits per heavy atom. The average Bonchev–Trinajstić information content (AvgIpc) is 2.24. The van der Waals surface area contributed by atoms with Crippen LogP contribution in [0.3, 0.4) is 0 Å². The lowest BCUT2D eigenvalue weighted by atomic mass is 9.97. The fourth-order valence-electron chi connectivity index (χ4n) is 1.66. The lowest BCUT2D eigenvalue weighted by Crippen LogP contribution is -2.28. The molecule has 0 saturated heterocycles. The molecule has 5 heteroatoms. The highest BCUT2D eigenvalue weighted by molar-refractivity contribution is 9.10. The number of unbranched alkanes of at least 4 members (excludes halogenated alkanes) is 1. The Bertz CT molecular complexity index is 364. The first kappa shape index (κ1) is 14.5. The van der Waals surface area contributed by atoms with Crippen LogP contribution in [0.15, 0.2) is 16.6 Å². The number of hydrogen-bond donors (Lipinski definition) is 2. The fraction of sp³-hybridized carbons (Fsp3) is 0.500. The Kier molecular flexibility index (Phi) is 5.49. The Balaban J connectivity index is 2.91. The van der Waals surface area contributed by atoms with Gasteiger partial charge in [-0.05, 0) is 18.6 Å². The summed E-state index contributed by atoms with van der Waals surface area (Å²) < 4.78 is 27.5. The highest BCUT2D eigenvalue weighted by Gasteiger charge is 2.23. The summed E-state index contributed by atoms with van der Waals surface area (Å²) in [6.45, 7) is 1.97. The second-order valence-electron chi connectivity index (χ2n) is 4.02. The van der Waals surface area contributed by atoms with Gasteiger partial charge in [0.25, 0.3) is 0 Å². The van der Waals surface area contributed by atoms with Crippen LogP contribution in [0.4, 0.5) is 8.78 Å². The zero-order valence-corrected chi connectivity index (χ0v) is 11.2. The molecule has 0 radical (unpaired) electrons. The van der Waals surface area contributed by atoms with E-state index in [1.54, 1.807) is 0 Å². The zero-order chi connectivity index (χ0) is 13.0. The molecule has 0 bridgehead atoms. The molecule has 0 amide bonds. The molecule has 0 aromatic heterocycles. The second kappa shape index (κ2) is 6.42. The van der Waals surface area contributed by atoms with E-state index in [2.05, 4.69) is 15.9 Å². The average molecular weight is 308 g/mol. The minimum absolute atomic E-state index is 0.253. The van der Waals surface area contributed by atoms with Crippen molar-refractivity contribution < 1.29 is 13.9 Å². The minimum Gasteiger partial charge on any atom is -0.391 e. The molecule has 1 rings (SSSR count). The minimum atomic E-state index is -1.03. The van der Waals surface area contributed by atoms with Crippen molar-refractivity contribution in [2.75, 3.05) is 0 Å². The van der Waals surface area contributed by atoms with Crippen molar-refractivity contribution in [2.24, 2.45) is 5.73 Å². The second-order valence-corrected chi connectivity index (χ2v) is 4.93. The van der Waals surface area contributed by atoms with Gasteiger partial charge < -0.3 is 10.8 Å². The molecule has 96 valence electrons.